The fraction of sp³-hybridized carbons (Fsp3) is 0.235. The second-order valence-corrected chi connectivity index (χ2v) is 6.49. The Morgan fingerprint density at radius 2 is 1.84 bits per heavy atom. The standard InChI is InChI=1S/C17H17ClN2O4S/c1-9-6-4-5-7-11(9)19-15(22)14-10(2)13(17(23)24-3)16(25-14)20-12(21)8-18/h4-7H,8H2,1-3H3,(H,19,22)(H,20,21). The third kappa shape index (κ3) is 4.18. The van der Waals surface area contributed by atoms with Crippen LogP contribution in [0.4, 0.5) is 10.7 Å². The molecule has 0 aliphatic rings. The normalized spacial score (nSPS) is 10.2. The molecule has 0 radical (unpaired) electrons. The van der Waals surface area contributed by atoms with Crippen molar-refractivity contribution in [2.75, 3.05) is 23.6 Å². The number of aryl methyl sites for hydroxylation is 1. The van der Waals surface area contributed by atoms with Crippen molar-refractivity contribution in [3.8, 4) is 0 Å². The van der Waals surface area contributed by atoms with Crippen molar-refractivity contribution in [1.82, 2.24) is 0 Å². The Labute approximate surface area is 154 Å². The highest BCUT2D eigenvalue weighted by atomic mass is 35.5. The summed E-state index contributed by atoms with van der Waals surface area (Å²) in [5.41, 5.74) is 2.17. The van der Waals surface area contributed by atoms with Crippen molar-refractivity contribution < 1.29 is 19.1 Å². The monoisotopic (exact) mass is 380 g/mol. The first-order valence-corrected chi connectivity index (χ1v) is 8.68. The van der Waals surface area contributed by atoms with Crippen molar-refractivity contribution in [2.24, 2.45) is 0 Å². The number of halogens is 1. The maximum absolute atomic E-state index is 12.6. The molecule has 0 unspecified atom stereocenters. The summed E-state index contributed by atoms with van der Waals surface area (Å²) >= 11 is 6.50. The lowest BCUT2D eigenvalue weighted by atomic mass is 10.1. The smallest absolute Gasteiger partial charge is 0.341 e. The first-order chi connectivity index (χ1) is 11.9. The largest absolute Gasteiger partial charge is 0.465 e. The van der Waals surface area contributed by atoms with E-state index in [1.54, 1.807) is 13.0 Å². The van der Waals surface area contributed by atoms with Gasteiger partial charge in [-0.1, -0.05) is 18.2 Å². The SMILES string of the molecule is COC(=O)c1c(NC(=O)CCl)sc(C(=O)Nc2ccccc2C)c1C. The van der Waals surface area contributed by atoms with Gasteiger partial charge in [-0.25, -0.2) is 4.79 Å². The molecule has 0 aliphatic heterocycles. The van der Waals surface area contributed by atoms with Crippen LogP contribution in [0, 0.1) is 13.8 Å². The summed E-state index contributed by atoms with van der Waals surface area (Å²) in [4.78, 5) is 36.6. The molecule has 132 valence electrons. The Bertz CT molecular complexity index is 832. The number of rotatable bonds is 5. The molecule has 8 heteroatoms. The van der Waals surface area contributed by atoms with E-state index in [1.807, 2.05) is 25.1 Å². The summed E-state index contributed by atoms with van der Waals surface area (Å²) in [6.07, 6.45) is 0. The van der Waals surface area contributed by atoms with E-state index in [0.29, 0.717) is 16.1 Å². The van der Waals surface area contributed by atoms with Gasteiger partial charge in [0, 0.05) is 5.69 Å². The Kier molecular flexibility index (Phi) is 6.17. The van der Waals surface area contributed by atoms with Gasteiger partial charge in [0.25, 0.3) is 5.91 Å². The van der Waals surface area contributed by atoms with Gasteiger partial charge >= 0.3 is 5.97 Å². The Balaban J connectivity index is 2.40. The van der Waals surface area contributed by atoms with Gasteiger partial charge < -0.3 is 15.4 Å². The lowest BCUT2D eigenvalue weighted by Crippen LogP contribution is -2.15. The molecular weight excluding hydrogens is 364 g/mol. The van der Waals surface area contributed by atoms with Gasteiger partial charge in [-0.15, -0.1) is 22.9 Å². The van der Waals surface area contributed by atoms with Gasteiger partial charge in [-0.3, -0.25) is 9.59 Å². The molecule has 0 fully saturated rings. The van der Waals surface area contributed by atoms with E-state index in [4.69, 9.17) is 16.3 Å². The Hall–Kier alpha value is -2.38. The van der Waals surface area contributed by atoms with Crippen LogP contribution >= 0.6 is 22.9 Å². The molecular formula is C17H17ClN2O4S. The van der Waals surface area contributed by atoms with Gasteiger partial charge in [-0.2, -0.15) is 0 Å². The summed E-state index contributed by atoms with van der Waals surface area (Å²) < 4.78 is 4.76. The minimum atomic E-state index is -0.631. The third-order valence-electron chi connectivity index (χ3n) is 3.51. The first kappa shape index (κ1) is 19.0. The van der Waals surface area contributed by atoms with E-state index >= 15 is 0 Å². The van der Waals surface area contributed by atoms with Gasteiger partial charge in [0.1, 0.15) is 10.9 Å². The van der Waals surface area contributed by atoms with Crippen LogP contribution in [0.3, 0.4) is 0 Å². The molecule has 0 atom stereocenters. The molecule has 2 N–H and O–H groups in total. The van der Waals surface area contributed by atoms with E-state index in [9.17, 15) is 14.4 Å². The van der Waals surface area contributed by atoms with Crippen LogP contribution in [0.2, 0.25) is 0 Å². The van der Waals surface area contributed by atoms with Crippen molar-refractivity contribution in [1.29, 1.82) is 0 Å². The number of hydrogen-bond donors (Lipinski definition) is 2. The third-order valence-corrected chi connectivity index (χ3v) is 4.96. The van der Waals surface area contributed by atoms with Crippen LogP contribution in [0.5, 0.6) is 0 Å². The molecule has 25 heavy (non-hydrogen) atoms. The van der Waals surface area contributed by atoms with Crippen LogP contribution in [-0.4, -0.2) is 30.8 Å². The van der Waals surface area contributed by atoms with Crippen molar-refractivity contribution in [3.63, 3.8) is 0 Å². The van der Waals surface area contributed by atoms with Gasteiger partial charge in [0.05, 0.1) is 17.6 Å². The maximum atomic E-state index is 12.6. The zero-order valence-corrected chi connectivity index (χ0v) is 15.5. The number of benzene rings is 1. The van der Waals surface area contributed by atoms with Gasteiger partial charge in [0.15, 0.2) is 0 Å². The summed E-state index contributed by atoms with van der Waals surface area (Å²) in [5.74, 6) is -1.73. The molecule has 0 saturated carbocycles. The second kappa shape index (κ2) is 8.13. The number of anilines is 2. The molecule has 0 spiro atoms. The Morgan fingerprint density at radius 3 is 2.44 bits per heavy atom. The molecule has 1 aromatic carbocycles. The molecule has 0 aliphatic carbocycles. The highest BCUT2D eigenvalue weighted by molar-refractivity contribution is 7.19. The van der Waals surface area contributed by atoms with Crippen molar-refractivity contribution >= 4 is 51.4 Å². The van der Waals surface area contributed by atoms with Crippen LogP contribution < -0.4 is 10.6 Å². The number of para-hydroxylation sites is 1. The molecule has 6 nitrogen and oxygen atoms in total. The molecule has 1 heterocycles. The van der Waals surface area contributed by atoms with E-state index < -0.39 is 11.9 Å². The molecule has 2 aromatic rings. The molecule has 0 saturated heterocycles. The highest BCUT2D eigenvalue weighted by Crippen LogP contribution is 2.34. The number of nitrogens with one attached hydrogen (secondary N) is 2. The van der Waals surface area contributed by atoms with E-state index in [-0.39, 0.29) is 22.4 Å². The minimum absolute atomic E-state index is 0.154. The van der Waals surface area contributed by atoms with Crippen molar-refractivity contribution in [2.45, 2.75) is 13.8 Å². The number of amides is 2. The fourth-order valence-electron chi connectivity index (χ4n) is 2.22. The minimum Gasteiger partial charge on any atom is -0.465 e. The lowest BCUT2D eigenvalue weighted by molar-refractivity contribution is -0.113. The van der Waals surface area contributed by atoms with Crippen LogP contribution in [0.1, 0.15) is 31.2 Å². The molecule has 0 bridgehead atoms. The summed E-state index contributed by atoms with van der Waals surface area (Å²) in [5, 5.41) is 5.59. The number of ether oxygens (including phenoxy) is 1. The zero-order chi connectivity index (χ0) is 18.6. The quantitative estimate of drug-likeness (QED) is 0.613. The van der Waals surface area contributed by atoms with Crippen LogP contribution in [0.15, 0.2) is 24.3 Å². The van der Waals surface area contributed by atoms with Crippen LogP contribution in [-0.2, 0) is 9.53 Å². The summed E-state index contributed by atoms with van der Waals surface area (Å²) in [7, 11) is 1.24. The average molecular weight is 381 g/mol. The van der Waals surface area contributed by atoms with Crippen molar-refractivity contribution in [3.05, 3.63) is 45.8 Å². The number of thiophene rings is 1. The zero-order valence-electron chi connectivity index (χ0n) is 13.9. The molecule has 2 amide bonds. The fourth-order valence-corrected chi connectivity index (χ4v) is 3.39. The van der Waals surface area contributed by atoms with Gasteiger partial charge in [0.2, 0.25) is 5.91 Å². The van der Waals surface area contributed by atoms with Gasteiger partial charge in [-0.05, 0) is 31.0 Å². The number of hydrogen-bond acceptors (Lipinski definition) is 5. The first-order valence-electron chi connectivity index (χ1n) is 7.33. The number of carbonyl (C=O) groups excluding carboxylic acids is 3. The second-order valence-electron chi connectivity index (χ2n) is 5.20. The predicted molar refractivity (Wildman–Crippen MR) is 98.9 cm³/mol. The molecule has 1 aromatic heterocycles. The molecule has 2 rings (SSSR count). The Morgan fingerprint density at radius 1 is 1.16 bits per heavy atom. The lowest BCUT2D eigenvalue weighted by Gasteiger charge is -2.07. The maximum Gasteiger partial charge on any atom is 0.341 e. The number of esters is 1. The summed E-state index contributed by atoms with van der Waals surface area (Å²) in [6.45, 7) is 3.51. The summed E-state index contributed by atoms with van der Waals surface area (Å²) in [6, 6.07) is 7.35. The van der Waals surface area contributed by atoms with Crippen LogP contribution in [0.25, 0.3) is 0 Å². The highest BCUT2D eigenvalue weighted by Gasteiger charge is 2.26. The number of carbonyl (C=O) groups is 3. The van der Waals surface area contributed by atoms with E-state index in [2.05, 4.69) is 10.6 Å². The number of methoxy groups -OCH3 is 1. The average Bonchev–Trinajstić information content (AvgIpc) is 2.92. The predicted octanol–water partition coefficient (Wildman–Crippen LogP) is 3.58. The number of alkyl halides is 1. The van der Waals surface area contributed by atoms with E-state index in [0.717, 1.165) is 16.9 Å². The topological polar surface area (TPSA) is 84.5 Å². The van der Waals surface area contributed by atoms with E-state index in [1.165, 1.54) is 7.11 Å².